The topological polar surface area (TPSA) is 114 Å². The minimum Gasteiger partial charge on any atom is -0.480 e. The molecule has 0 rings (SSSR count). The van der Waals surface area contributed by atoms with E-state index in [1.54, 1.807) is 0 Å². The van der Waals surface area contributed by atoms with Crippen LogP contribution in [-0.4, -0.2) is 42.3 Å². The normalized spacial score (nSPS) is 14.5. The first-order valence-corrected chi connectivity index (χ1v) is 4.81. The summed E-state index contributed by atoms with van der Waals surface area (Å²) in [7, 11) is 0. The Labute approximate surface area is 95.9 Å². The number of aliphatic carboxylic acids is 1. The fourth-order valence-electron chi connectivity index (χ4n) is 0.893. The van der Waals surface area contributed by atoms with Crippen molar-refractivity contribution in [3.63, 3.8) is 0 Å². The second kappa shape index (κ2) is 6.94. The van der Waals surface area contributed by atoms with Gasteiger partial charge in [0.2, 0.25) is 0 Å². The monoisotopic (exact) mass is 256 g/mol. The van der Waals surface area contributed by atoms with E-state index in [0.29, 0.717) is 6.42 Å². The standard InChI is InChI=1S/C8H15F3N4O2/c9-8(10,11)4-15-7(13)14-3-1-2-5(12)6(16)17/h5H,1-4,12H2,(H,16,17)(H3,13,14,15)/t5-/m0/s1. The molecule has 0 aromatic rings. The average molecular weight is 256 g/mol. The maximum atomic E-state index is 11.7. The van der Waals surface area contributed by atoms with Gasteiger partial charge in [0.1, 0.15) is 12.6 Å². The van der Waals surface area contributed by atoms with E-state index in [2.05, 4.69) is 10.3 Å². The van der Waals surface area contributed by atoms with Crippen molar-refractivity contribution in [3.05, 3.63) is 0 Å². The first-order valence-electron chi connectivity index (χ1n) is 4.81. The van der Waals surface area contributed by atoms with Gasteiger partial charge >= 0.3 is 12.1 Å². The molecule has 100 valence electrons. The number of rotatable bonds is 6. The molecule has 0 amide bonds. The Morgan fingerprint density at radius 2 is 2.06 bits per heavy atom. The molecular formula is C8H15F3N4O2. The van der Waals surface area contributed by atoms with E-state index in [1.165, 1.54) is 0 Å². The van der Waals surface area contributed by atoms with Crippen LogP contribution in [0.4, 0.5) is 13.2 Å². The Bertz CT molecular complexity index is 280. The summed E-state index contributed by atoms with van der Waals surface area (Å²) in [5.74, 6) is -1.45. The molecule has 0 heterocycles. The summed E-state index contributed by atoms with van der Waals surface area (Å²) in [5.41, 5.74) is 10.4. The van der Waals surface area contributed by atoms with E-state index in [0.717, 1.165) is 0 Å². The number of hydrogen-bond donors (Lipinski definition) is 4. The number of nitrogens with one attached hydrogen (secondary N) is 1. The summed E-state index contributed by atoms with van der Waals surface area (Å²) in [6.07, 6.45) is -3.82. The molecule has 0 aliphatic heterocycles. The molecule has 0 aliphatic rings. The van der Waals surface area contributed by atoms with Crippen molar-refractivity contribution in [3.8, 4) is 0 Å². The lowest BCUT2D eigenvalue weighted by Gasteiger charge is -2.08. The van der Waals surface area contributed by atoms with Crippen LogP contribution >= 0.6 is 0 Å². The number of carboxylic acid groups (broad SMARTS) is 1. The van der Waals surface area contributed by atoms with E-state index >= 15 is 0 Å². The molecule has 1 atom stereocenters. The molecule has 0 fully saturated rings. The third kappa shape index (κ3) is 9.42. The highest BCUT2D eigenvalue weighted by molar-refractivity contribution is 5.77. The molecule has 0 saturated heterocycles. The fourth-order valence-corrected chi connectivity index (χ4v) is 0.893. The van der Waals surface area contributed by atoms with Gasteiger partial charge in [0, 0.05) is 6.54 Å². The summed E-state index contributed by atoms with van der Waals surface area (Å²) in [6.45, 7) is -1.13. The van der Waals surface area contributed by atoms with Gasteiger partial charge < -0.3 is 21.9 Å². The Balaban J connectivity index is 3.71. The van der Waals surface area contributed by atoms with Gasteiger partial charge in [-0.3, -0.25) is 4.79 Å². The Morgan fingerprint density at radius 1 is 1.47 bits per heavy atom. The highest BCUT2D eigenvalue weighted by Gasteiger charge is 2.26. The number of carbonyl (C=O) groups is 1. The van der Waals surface area contributed by atoms with E-state index in [4.69, 9.17) is 16.6 Å². The van der Waals surface area contributed by atoms with Crippen LogP contribution in [0, 0.1) is 0 Å². The van der Waals surface area contributed by atoms with Crippen molar-refractivity contribution in [1.82, 2.24) is 5.32 Å². The molecule has 6 nitrogen and oxygen atoms in total. The minimum atomic E-state index is -4.39. The zero-order valence-corrected chi connectivity index (χ0v) is 9.00. The number of hydrogen-bond acceptors (Lipinski definition) is 3. The lowest BCUT2D eigenvalue weighted by Crippen LogP contribution is -2.35. The fraction of sp³-hybridized carbons (Fsp3) is 0.750. The van der Waals surface area contributed by atoms with Crippen molar-refractivity contribution >= 4 is 11.9 Å². The Hall–Kier alpha value is -1.51. The SMILES string of the molecule is NC(=NCC(F)(F)F)NCCC[C@H](N)C(=O)O. The second-order valence-corrected chi connectivity index (χ2v) is 3.33. The van der Waals surface area contributed by atoms with Crippen molar-refractivity contribution in [2.45, 2.75) is 25.1 Å². The molecule has 0 radical (unpaired) electrons. The molecule has 0 aromatic carbocycles. The smallest absolute Gasteiger partial charge is 0.408 e. The zero-order chi connectivity index (χ0) is 13.5. The van der Waals surface area contributed by atoms with Crippen molar-refractivity contribution < 1.29 is 23.1 Å². The van der Waals surface area contributed by atoms with Crippen LogP contribution in [0.25, 0.3) is 0 Å². The van der Waals surface area contributed by atoms with Gasteiger partial charge in [0.05, 0.1) is 0 Å². The van der Waals surface area contributed by atoms with Crippen LogP contribution in [0.1, 0.15) is 12.8 Å². The maximum Gasteiger partial charge on any atom is 0.408 e. The van der Waals surface area contributed by atoms with Gasteiger partial charge in [-0.1, -0.05) is 0 Å². The van der Waals surface area contributed by atoms with Crippen LogP contribution in [0.3, 0.4) is 0 Å². The van der Waals surface area contributed by atoms with Gasteiger partial charge in [0.25, 0.3) is 0 Å². The van der Waals surface area contributed by atoms with Crippen LogP contribution in [0.15, 0.2) is 4.99 Å². The first kappa shape index (κ1) is 15.5. The highest BCUT2D eigenvalue weighted by Crippen LogP contribution is 2.13. The molecule has 9 heteroatoms. The first-order chi connectivity index (χ1) is 7.72. The van der Waals surface area contributed by atoms with Gasteiger partial charge in [-0.15, -0.1) is 0 Å². The molecular weight excluding hydrogens is 241 g/mol. The summed E-state index contributed by atoms with van der Waals surface area (Å²) in [4.78, 5) is 13.4. The number of alkyl halides is 3. The summed E-state index contributed by atoms with van der Waals surface area (Å²) >= 11 is 0. The molecule has 17 heavy (non-hydrogen) atoms. The maximum absolute atomic E-state index is 11.7. The van der Waals surface area contributed by atoms with E-state index in [1.807, 2.05) is 0 Å². The zero-order valence-electron chi connectivity index (χ0n) is 9.00. The Morgan fingerprint density at radius 3 is 2.53 bits per heavy atom. The number of halogens is 3. The van der Waals surface area contributed by atoms with Crippen molar-refractivity contribution in [1.29, 1.82) is 0 Å². The third-order valence-electron chi connectivity index (χ3n) is 1.74. The molecule has 0 spiro atoms. The summed E-state index contributed by atoms with van der Waals surface area (Å²) in [6, 6.07) is -0.981. The van der Waals surface area contributed by atoms with E-state index in [-0.39, 0.29) is 18.9 Å². The van der Waals surface area contributed by atoms with Gasteiger partial charge in [-0.25, -0.2) is 4.99 Å². The van der Waals surface area contributed by atoms with Crippen LogP contribution < -0.4 is 16.8 Å². The predicted molar refractivity (Wildman–Crippen MR) is 55.4 cm³/mol. The average Bonchev–Trinajstić information content (AvgIpc) is 2.20. The highest BCUT2D eigenvalue weighted by atomic mass is 19.4. The molecule has 0 aromatic heterocycles. The summed E-state index contributed by atoms with van der Waals surface area (Å²) in [5, 5.41) is 10.9. The number of nitrogens with zero attached hydrogens (tertiary/aromatic N) is 1. The molecule has 0 aliphatic carbocycles. The van der Waals surface area contributed by atoms with E-state index < -0.39 is 24.7 Å². The minimum absolute atomic E-state index is 0.203. The molecule has 6 N–H and O–H groups in total. The van der Waals surface area contributed by atoms with Crippen molar-refractivity contribution in [2.24, 2.45) is 16.5 Å². The van der Waals surface area contributed by atoms with Crippen molar-refractivity contribution in [2.75, 3.05) is 13.1 Å². The van der Waals surface area contributed by atoms with Gasteiger partial charge in [0.15, 0.2) is 5.96 Å². The van der Waals surface area contributed by atoms with Gasteiger partial charge in [-0.05, 0) is 12.8 Å². The Kier molecular flexibility index (Phi) is 6.33. The number of carboxylic acids is 1. The lowest BCUT2D eigenvalue weighted by atomic mass is 10.2. The van der Waals surface area contributed by atoms with Crippen LogP contribution in [0.5, 0.6) is 0 Å². The lowest BCUT2D eigenvalue weighted by molar-refractivity contribution is -0.138. The molecule has 0 saturated carbocycles. The summed E-state index contributed by atoms with van der Waals surface area (Å²) < 4.78 is 35.2. The van der Waals surface area contributed by atoms with Crippen LogP contribution in [0.2, 0.25) is 0 Å². The second-order valence-electron chi connectivity index (χ2n) is 3.33. The largest absolute Gasteiger partial charge is 0.480 e. The quantitative estimate of drug-likeness (QED) is 0.294. The molecule has 0 bridgehead atoms. The van der Waals surface area contributed by atoms with Gasteiger partial charge in [-0.2, -0.15) is 13.2 Å². The number of guanidine groups is 1. The number of aliphatic imine (C=N–C) groups is 1. The number of nitrogens with two attached hydrogens (primary N) is 2. The van der Waals surface area contributed by atoms with E-state index in [9.17, 15) is 18.0 Å². The van der Waals surface area contributed by atoms with Crippen LogP contribution in [-0.2, 0) is 4.79 Å². The molecule has 0 unspecified atom stereocenters. The third-order valence-corrected chi connectivity index (χ3v) is 1.74. The predicted octanol–water partition coefficient (Wildman–Crippen LogP) is -0.355.